The fourth-order valence-corrected chi connectivity index (χ4v) is 22.7. The second-order valence-electron chi connectivity index (χ2n) is 15.0. The van der Waals surface area contributed by atoms with Crippen LogP contribution >= 0.6 is 23.6 Å². The molecule has 4 heterocycles. The van der Waals surface area contributed by atoms with Gasteiger partial charge in [0.1, 0.15) is 0 Å². The Morgan fingerprint density at radius 3 is 1.59 bits per heavy atom. The maximum absolute atomic E-state index is 7.84. The molecule has 4 saturated heterocycles. The van der Waals surface area contributed by atoms with E-state index in [4.69, 9.17) is 10.0 Å². The molecule has 2 N–H and O–H groups in total. The molecular weight excluding hydrogens is 567 g/mol. The van der Waals surface area contributed by atoms with Gasteiger partial charge in [-0.05, 0) is 0 Å². The van der Waals surface area contributed by atoms with Crippen LogP contribution in [0.2, 0.25) is 0 Å². The van der Waals surface area contributed by atoms with Crippen LogP contribution in [0.4, 0.5) is 0 Å². The number of likely N-dealkylation sites (N-methyl/N-ethyl adjacent to an activating group) is 2. The van der Waals surface area contributed by atoms with Crippen molar-refractivity contribution in [3.63, 3.8) is 0 Å². The second-order valence-corrected chi connectivity index (χ2v) is 24.8. The molecule has 0 amide bonds. The Morgan fingerprint density at radius 1 is 0.707 bits per heavy atom. The van der Waals surface area contributed by atoms with E-state index in [-0.39, 0.29) is 10.7 Å². The van der Waals surface area contributed by atoms with E-state index in [2.05, 4.69) is 95.4 Å². The second kappa shape index (κ2) is 14.0. The summed E-state index contributed by atoms with van der Waals surface area (Å²) in [6.45, 7) is 25.8. The van der Waals surface area contributed by atoms with Crippen LogP contribution in [0.1, 0.15) is 92.9 Å². The Labute approximate surface area is 256 Å². The minimum absolute atomic E-state index is 0.00646. The molecule has 0 aromatic carbocycles. The van der Waals surface area contributed by atoms with Crippen LogP contribution in [0.5, 0.6) is 0 Å². The standard InChI is InChI=1S/C29H66N9P3/c1-28(2,3)32(7)26-27-33(8)39(35-18-10-11-19-35)34(9)40(29(4,5)6,36-20-12-13-21-36)31-41(30,37-22-14-15-23-37)38-24-16-17-25-38/h41H,10-27,30H2,1-9H3. The third-order valence-electron chi connectivity index (χ3n) is 10.0. The normalized spacial score (nSPS) is 25.7. The van der Waals surface area contributed by atoms with Gasteiger partial charge < -0.3 is 0 Å². The van der Waals surface area contributed by atoms with Crippen molar-refractivity contribution in [1.82, 2.24) is 32.7 Å². The molecule has 242 valence electrons. The Hall–Kier alpha value is 0.770. The Kier molecular flexibility index (Phi) is 11.9. The molecule has 0 radical (unpaired) electrons. The molecule has 12 heteroatoms. The van der Waals surface area contributed by atoms with Gasteiger partial charge in [0.15, 0.2) is 0 Å². The molecule has 2 atom stereocenters. The van der Waals surface area contributed by atoms with Gasteiger partial charge in [-0.3, -0.25) is 0 Å². The SMILES string of the molecule is CN(CCN(C)C(C)(C)C)P(N1CCCC1)N(C)P(=N[PH](N)(N1CCCC1)N1CCCC1)(N1CCCC1)C(C)(C)C. The van der Waals surface area contributed by atoms with E-state index in [9.17, 15) is 0 Å². The fourth-order valence-electron chi connectivity index (χ4n) is 7.25. The number of rotatable bonds is 11. The minimum atomic E-state index is -2.72. The van der Waals surface area contributed by atoms with Gasteiger partial charge >= 0.3 is 257 Å². The molecule has 0 aromatic rings. The van der Waals surface area contributed by atoms with Crippen LogP contribution in [0.25, 0.3) is 0 Å². The molecule has 0 saturated carbocycles. The van der Waals surface area contributed by atoms with E-state index in [0.29, 0.717) is 0 Å². The summed E-state index contributed by atoms with van der Waals surface area (Å²) in [5.41, 5.74) is 8.02. The summed E-state index contributed by atoms with van der Waals surface area (Å²) in [6.07, 6.45) is 10.2. The van der Waals surface area contributed by atoms with Crippen molar-refractivity contribution in [2.45, 2.75) is 104 Å². The molecule has 4 fully saturated rings. The van der Waals surface area contributed by atoms with Crippen LogP contribution in [0, 0.1) is 0 Å². The van der Waals surface area contributed by atoms with Gasteiger partial charge in [0.05, 0.1) is 0 Å². The summed E-state index contributed by atoms with van der Waals surface area (Å²) in [5.74, 6) is 0. The van der Waals surface area contributed by atoms with Crippen molar-refractivity contribution < 1.29 is 0 Å². The predicted octanol–water partition coefficient (Wildman–Crippen LogP) is 6.39. The van der Waals surface area contributed by atoms with Gasteiger partial charge in [-0.2, -0.15) is 0 Å². The van der Waals surface area contributed by atoms with Crippen LogP contribution < -0.4 is 5.50 Å². The van der Waals surface area contributed by atoms with Crippen molar-refractivity contribution in [2.75, 3.05) is 86.6 Å². The summed E-state index contributed by atoms with van der Waals surface area (Å²) >= 11 is 0. The average molecular weight is 634 g/mol. The summed E-state index contributed by atoms with van der Waals surface area (Å²) < 4.78 is 23.0. The first kappa shape index (κ1) is 34.6. The van der Waals surface area contributed by atoms with Gasteiger partial charge in [0.25, 0.3) is 0 Å². The molecule has 0 spiro atoms. The molecule has 9 nitrogen and oxygen atoms in total. The van der Waals surface area contributed by atoms with Gasteiger partial charge in [-0.25, -0.2) is 0 Å². The summed E-state index contributed by atoms with van der Waals surface area (Å²) in [4.78, 5) is 2.51. The first-order valence-corrected chi connectivity index (χ1v) is 21.4. The van der Waals surface area contributed by atoms with Crippen molar-refractivity contribution >= 4 is 23.6 Å². The molecule has 0 aliphatic carbocycles. The zero-order chi connectivity index (χ0) is 30.1. The molecule has 0 bridgehead atoms. The van der Waals surface area contributed by atoms with Crippen molar-refractivity contribution in [3.8, 4) is 0 Å². The van der Waals surface area contributed by atoms with Gasteiger partial charge in [0.2, 0.25) is 0 Å². The molecular formula is C29H66N9P3. The first-order valence-electron chi connectivity index (χ1n) is 16.6. The van der Waals surface area contributed by atoms with E-state index >= 15 is 0 Å². The monoisotopic (exact) mass is 633 g/mol. The zero-order valence-electron chi connectivity index (χ0n) is 28.3. The van der Waals surface area contributed by atoms with Gasteiger partial charge in [-0.15, -0.1) is 0 Å². The van der Waals surface area contributed by atoms with Gasteiger partial charge in [-0.1, -0.05) is 0 Å². The molecule has 41 heavy (non-hydrogen) atoms. The summed E-state index contributed by atoms with van der Waals surface area (Å²) in [5, 5.41) is 0.00646. The van der Waals surface area contributed by atoms with Crippen molar-refractivity contribution in [2.24, 2.45) is 10.0 Å². The zero-order valence-corrected chi connectivity index (χ0v) is 31.1. The topological polar surface area (TPSA) is 61.1 Å². The van der Waals surface area contributed by atoms with E-state index in [1.54, 1.807) is 0 Å². The molecule has 4 rings (SSSR count). The fraction of sp³-hybridized carbons (Fsp3) is 1.00. The van der Waals surface area contributed by atoms with Crippen LogP contribution in [-0.2, 0) is 0 Å². The third kappa shape index (κ3) is 7.44. The maximum atomic E-state index is 7.84. The Morgan fingerprint density at radius 2 is 1.15 bits per heavy atom. The Bertz CT molecular complexity index is 865. The number of hydrogen-bond donors (Lipinski definition) is 1. The van der Waals surface area contributed by atoms with Crippen molar-refractivity contribution in [1.29, 1.82) is 0 Å². The van der Waals surface area contributed by atoms with E-state index in [0.717, 1.165) is 52.4 Å². The molecule has 4 aliphatic heterocycles. The molecule has 4 aliphatic rings. The molecule has 2 unspecified atom stereocenters. The summed E-state index contributed by atoms with van der Waals surface area (Å²) in [7, 11) is 1.54. The van der Waals surface area contributed by atoms with Crippen LogP contribution in [0.15, 0.2) is 4.52 Å². The number of hydrogen-bond acceptors (Lipinski definition) is 7. The van der Waals surface area contributed by atoms with E-state index < -0.39 is 23.6 Å². The number of nitrogens with zero attached hydrogens (tertiary/aromatic N) is 8. The van der Waals surface area contributed by atoms with Crippen LogP contribution in [0.3, 0.4) is 0 Å². The van der Waals surface area contributed by atoms with E-state index in [1.807, 2.05) is 0 Å². The van der Waals surface area contributed by atoms with E-state index in [1.165, 1.54) is 64.5 Å². The van der Waals surface area contributed by atoms with Gasteiger partial charge in [0, 0.05) is 0 Å². The predicted molar refractivity (Wildman–Crippen MR) is 185 cm³/mol. The third-order valence-corrected chi connectivity index (χ3v) is 22.3. The van der Waals surface area contributed by atoms with Crippen molar-refractivity contribution in [3.05, 3.63) is 0 Å². The number of nitrogens with two attached hydrogens (primary N) is 1. The Balaban J connectivity index is 1.84. The van der Waals surface area contributed by atoms with Crippen LogP contribution in [-0.4, -0.2) is 130 Å². The quantitative estimate of drug-likeness (QED) is 0.263. The first-order chi connectivity index (χ1) is 19.2. The summed E-state index contributed by atoms with van der Waals surface area (Å²) in [6, 6.07) is 0. The molecule has 0 aromatic heterocycles. The average Bonchev–Trinajstić information content (AvgIpc) is 3.71.